The molecule has 2 unspecified atom stereocenters. The van der Waals surface area contributed by atoms with E-state index in [1.165, 1.54) is 11.8 Å². The van der Waals surface area contributed by atoms with Crippen molar-refractivity contribution in [3.8, 4) is 0 Å². The lowest BCUT2D eigenvalue weighted by molar-refractivity contribution is -0.143. The zero-order valence-electron chi connectivity index (χ0n) is 22.8. The van der Waals surface area contributed by atoms with Crippen molar-refractivity contribution >= 4 is 47.2 Å². The van der Waals surface area contributed by atoms with Gasteiger partial charge in [-0.05, 0) is 44.8 Å². The lowest BCUT2D eigenvalue weighted by Crippen LogP contribution is -2.42. The summed E-state index contributed by atoms with van der Waals surface area (Å²) >= 11 is 1.41. The number of aliphatic carboxylic acids is 2. The molecule has 0 saturated heterocycles. The SMILES string of the molecule is CCCC(=O)NC(CCC(=O)CCCOCCOCC(=O)NC(CCCCNC(=O)CSC)C(=O)O)C(=O)O. The zero-order valence-corrected chi connectivity index (χ0v) is 23.6. The second-order valence-electron chi connectivity index (χ2n) is 8.79. The van der Waals surface area contributed by atoms with Crippen LogP contribution in [0.2, 0.25) is 0 Å². The summed E-state index contributed by atoms with van der Waals surface area (Å²) in [5.74, 6) is -3.07. The third kappa shape index (κ3) is 20.9. The van der Waals surface area contributed by atoms with Crippen LogP contribution in [-0.4, -0.2) is 103 Å². The summed E-state index contributed by atoms with van der Waals surface area (Å²) in [7, 11) is 0. The van der Waals surface area contributed by atoms with E-state index in [1.807, 2.05) is 13.2 Å². The monoisotopic (exact) mass is 577 g/mol. The number of unbranched alkanes of at least 4 members (excludes halogenated alkanes) is 1. The van der Waals surface area contributed by atoms with E-state index in [0.29, 0.717) is 38.0 Å². The van der Waals surface area contributed by atoms with Crippen molar-refractivity contribution in [1.29, 1.82) is 0 Å². The molecule has 0 aromatic carbocycles. The third-order valence-electron chi connectivity index (χ3n) is 5.32. The first kappa shape index (κ1) is 36.3. The van der Waals surface area contributed by atoms with Crippen molar-refractivity contribution in [2.45, 2.75) is 76.8 Å². The molecule has 0 rings (SSSR count). The summed E-state index contributed by atoms with van der Waals surface area (Å²) < 4.78 is 10.5. The summed E-state index contributed by atoms with van der Waals surface area (Å²) in [6.07, 6.45) is 4.70. The number of Topliss-reactive ketones (excluding diaryl/α,β-unsaturated/α-hetero) is 1. The van der Waals surface area contributed by atoms with Crippen molar-refractivity contribution in [3.05, 3.63) is 0 Å². The van der Waals surface area contributed by atoms with E-state index in [-0.39, 0.29) is 76.1 Å². The minimum absolute atomic E-state index is 0.0275. The van der Waals surface area contributed by atoms with Gasteiger partial charge in [0.2, 0.25) is 17.7 Å². The fourth-order valence-corrected chi connectivity index (χ4v) is 3.68. The van der Waals surface area contributed by atoms with Crippen molar-refractivity contribution in [3.63, 3.8) is 0 Å². The quantitative estimate of drug-likeness (QED) is 0.0959. The molecule has 0 aliphatic rings. The first-order valence-corrected chi connectivity index (χ1v) is 14.5. The van der Waals surface area contributed by atoms with Gasteiger partial charge >= 0.3 is 11.9 Å². The highest BCUT2D eigenvalue weighted by atomic mass is 32.2. The maximum Gasteiger partial charge on any atom is 0.326 e. The Morgan fingerprint density at radius 3 is 2.03 bits per heavy atom. The molecule has 39 heavy (non-hydrogen) atoms. The number of rotatable bonds is 25. The molecule has 0 aromatic rings. The van der Waals surface area contributed by atoms with Crippen LogP contribution >= 0.6 is 11.8 Å². The van der Waals surface area contributed by atoms with Gasteiger partial charge < -0.3 is 35.6 Å². The van der Waals surface area contributed by atoms with Crippen LogP contribution in [0.25, 0.3) is 0 Å². The molecule has 224 valence electrons. The Labute approximate surface area is 233 Å². The first-order valence-electron chi connectivity index (χ1n) is 13.1. The number of carboxylic acid groups (broad SMARTS) is 2. The van der Waals surface area contributed by atoms with Crippen LogP contribution in [0.4, 0.5) is 0 Å². The van der Waals surface area contributed by atoms with E-state index in [0.717, 1.165) is 0 Å². The van der Waals surface area contributed by atoms with Crippen LogP contribution in [0.1, 0.15) is 64.7 Å². The maximum absolute atomic E-state index is 12.0. The summed E-state index contributed by atoms with van der Waals surface area (Å²) in [6, 6.07) is -2.14. The number of carbonyl (C=O) groups is 6. The molecule has 13 nitrogen and oxygen atoms in total. The van der Waals surface area contributed by atoms with Crippen LogP contribution < -0.4 is 16.0 Å². The highest BCUT2D eigenvalue weighted by molar-refractivity contribution is 7.99. The molecule has 2 atom stereocenters. The molecule has 0 aliphatic heterocycles. The van der Waals surface area contributed by atoms with E-state index in [2.05, 4.69) is 16.0 Å². The number of carboxylic acids is 2. The predicted octanol–water partition coefficient (Wildman–Crippen LogP) is 0.738. The van der Waals surface area contributed by atoms with Gasteiger partial charge in [0.1, 0.15) is 24.5 Å². The van der Waals surface area contributed by atoms with Crippen LogP contribution in [-0.2, 0) is 38.2 Å². The van der Waals surface area contributed by atoms with Gasteiger partial charge in [-0.25, -0.2) is 9.59 Å². The standard InChI is InChI=1S/C25H43N3O10S/c1-3-7-21(30)27-20(25(35)36)11-10-18(29)8-6-13-37-14-15-38-16-22(31)28-19(24(33)34)9-4-5-12-26-23(32)17-39-2/h19-20H,3-17H2,1-2H3,(H,26,32)(H,27,30)(H,28,31)(H,33,34)(H,35,36). The van der Waals surface area contributed by atoms with Gasteiger partial charge in [0.15, 0.2) is 0 Å². The van der Waals surface area contributed by atoms with Crippen molar-refractivity contribution in [2.75, 3.05) is 45.0 Å². The fourth-order valence-electron chi connectivity index (χ4n) is 3.31. The number of hydrogen-bond acceptors (Lipinski definition) is 9. The summed E-state index contributed by atoms with van der Waals surface area (Å²) in [4.78, 5) is 69.5. The zero-order chi connectivity index (χ0) is 29.5. The number of carbonyl (C=O) groups excluding carboxylic acids is 4. The van der Waals surface area contributed by atoms with E-state index >= 15 is 0 Å². The highest BCUT2D eigenvalue weighted by Crippen LogP contribution is 2.05. The summed E-state index contributed by atoms with van der Waals surface area (Å²) in [5.41, 5.74) is 0. The molecule has 0 radical (unpaired) electrons. The second kappa shape index (κ2) is 23.2. The Bertz CT molecular complexity index is 781. The van der Waals surface area contributed by atoms with E-state index < -0.39 is 29.9 Å². The topological polar surface area (TPSA) is 197 Å². The summed E-state index contributed by atoms with van der Waals surface area (Å²) in [6.45, 7) is 2.49. The first-order chi connectivity index (χ1) is 18.6. The molecule has 0 spiro atoms. The van der Waals surface area contributed by atoms with Gasteiger partial charge in [0.05, 0.1) is 19.0 Å². The molecule has 0 aromatic heterocycles. The molecular formula is C25H43N3O10S. The molecule has 5 N–H and O–H groups in total. The average molecular weight is 578 g/mol. The van der Waals surface area contributed by atoms with E-state index in [1.54, 1.807) is 0 Å². The number of amides is 3. The Balaban J connectivity index is 3.92. The van der Waals surface area contributed by atoms with Crippen LogP contribution in [0.15, 0.2) is 0 Å². The third-order valence-corrected chi connectivity index (χ3v) is 5.87. The molecule has 0 aliphatic carbocycles. The van der Waals surface area contributed by atoms with Crippen molar-refractivity contribution in [2.24, 2.45) is 0 Å². The molecule has 3 amide bonds. The van der Waals surface area contributed by atoms with Gasteiger partial charge in [-0.1, -0.05) is 6.92 Å². The Morgan fingerprint density at radius 1 is 0.744 bits per heavy atom. The minimum atomic E-state index is -1.17. The Morgan fingerprint density at radius 2 is 1.38 bits per heavy atom. The lowest BCUT2D eigenvalue weighted by atomic mass is 10.1. The minimum Gasteiger partial charge on any atom is -0.480 e. The molecule has 0 fully saturated rings. The van der Waals surface area contributed by atoms with Gasteiger partial charge in [0.25, 0.3) is 0 Å². The maximum atomic E-state index is 12.0. The summed E-state index contributed by atoms with van der Waals surface area (Å²) in [5, 5.41) is 26.0. The smallest absolute Gasteiger partial charge is 0.326 e. The number of ketones is 1. The largest absolute Gasteiger partial charge is 0.480 e. The Hall–Kier alpha value is -2.71. The lowest BCUT2D eigenvalue weighted by Gasteiger charge is -2.15. The number of thioether (sulfide) groups is 1. The normalized spacial score (nSPS) is 12.3. The van der Waals surface area contributed by atoms with Crippen LogP contribution in [0.5, 0.6) is 0 Å². The number of nitrogens with one attached hydrogen (secondary N) is 3. The van der Waals surface area contributed by atoms with Gasteiger partial charge in [-0.15, -0.1) is 0 Å². The second-order valence-corrected chi connectivity index (χ2v) is 9.66. The molecule has 0 bridgehead atoms. The fraction of sp³-hybridized carbons (Fsp3) is 0.760. The predicted molar refractivity (Wildman–Crippen MR) is 144 cm³/mol. The van der Waals surface area contributed by atoms with Gasteiger partial charge in [0, 0.05) is 32.4 Å². The molecule has 0 heterocycles. The average Bonchev–Trinajstić information content (AvgIpc) is 2.87. The highest BCUT2D eigenvalue weighted by Gasteiger charge is 2.21. The van der Waals surface area contributed by atoms with Crippen LogP contribution in [0, 0.1) is 0 Å². The molecule has 0 saturated carbocycles. The van der Waals surface area contributed by atoms with Gasteiger partial charge in [-0.2, -0.15) is 11.8 Å². The number of ether oxygens (including phenoxy) is 2. The van der Waals surface area contributed by atoms with E-state index in [4.69, 9.17) is 9.47 Å². The molecule has 14 heteroatoms. The van der Waals surface area contributed by atoms with Gasteiger partial charge in [-0.3, -0.25) is 19.2 Å². The Kier molecular flexibility index (Phi) is 21.6. The van der Waals surface area contributed by atoms with Crippen molar-refractivity contribution in [1.82, 2.24) is 16.0 Å². The number of hydrogen-bond donors (Lipinski definition) is 5. The van der Waals surface area contributed by atoms with E-state index in [9.17, 15) is 39.0 Å². The van der Waals surface area contributed by atoms with Crippen molar-refractivity contribution < 1.29 is 48.5 Å². The molecular weight excluding hydrogens is 534 g/mol. The van der Waals surface area contributed by atoms with Crippen LogP contribution in [0.3, 0.4) is 0 Å².